The number of carbonyl (C=O) groups excluding carboxylic acids is 2. The standard InChI is InChI=1S/C21H27N3O3S.CH4O/c1-14-18(28-13-23-14)16-9-7-15(8-10-16)12-22-19(25)17-6-5-11-24(17)20(26)27-21(2,3)4;1-2/h7-10,13,17H,5-6,11-12H2,1-4H3,(H,22,25);2H,1H3. The van der Waals surface area contributed by atoms with Gasteiger partial charge in [-0.05, 0) is 51.7 Å². The summed E-state index contributed by atoms with van der Waals surface area (Å²) in [5, 5.41) is 9.96. The van der Waals surface area contributed by atoms with Crippen molar-refractivity contribution in [2.75, 3.05) is 13.7 Å². The number of likely N-dealkylation sites (tertiary alicyclic amines) is 1. The molecule has 1 atom stereocenters. The molecule has 2 amide bonds. The molecule has 8 heteroatoms. The minimum absolute atomic E-state index is 0.134. The number of hydrogen-bond donors (Lipinski definition) is 2. The fourth-order valence-corrected chi connectivity index (χ4v) is 4.05. The van der Waals surface area contributed by atoms with Crippen molar-refractivity contribution in [2.24, 2.45) is 0 Å². The molecule has 0 aliphatic carbocycles. The van der Waals surface area contributed by atoms with Crippen LogP contribution in [-0.4, -0.2) is 52.3 Å². The van der Waals surface area contributed by atoms with E-state index >= 15 is 0 Å². The van der Waals surface area contributed by atoms with E-state index in [4.69, 9.17) is 9.84 Å². The zero-order chi connectivity index (χ0) is 22.3. The molecule has 0 radical (unpaired) electrons. The van der Waals surface area contributed by atoms with E-state index in [0.29, 0.717) is 19.5 Å². The molecular weight excluding hydrogens is 402 g/mol. The number of aliphatic hydroxyl groups excluding tert-OH is 1. The first kappa shape index (κ1) is 23.8. The molecular formula is C22H31N3O4S. The predicted molar refractivity (Wildman–Crippen MR) is 118 cm³/mol. The Morgan fingerprint density at radius 1 is 1.27 bits per heavy atom. The van der Waals surface area contributed by atoms with Gasteiger partial charge in [0.05, 0.1) is 16.1 Å². The molecule has 1 saturated heterocycles. The molecule has 2 heterocycles. The summed E-state index contributed by atoms with van der Waals surface area (Å²) in [6.07, 6.45) is 1.05. The van der Waals surface area contributed by atoms with E-state index in [-0.39, 0.29) is 5.91 Å². The van der Waals surface area contributed by atoms with Gasteiger partial charge in [-0.15, -0.1) is 11.3 Å². The highest BCUT2D eigenvalue weighted by Gasteiger charge is 2.36. The number of thiazole rings is 1. The fraction of sp³-hybridized carbons (Fsp3) is 0.500. The molecule has 0 spiro atoms. The quantitative estimate of drug-likeness (QED) is 0.766. The Bertz CT molecular complexity index is 843. The highest BCUT2D eigenvalue weighted by Crippen LogP contribution is 2.27. The SMILES string of the molecule is CO.Cc1ncsc1-c1ccc(CNC(=O)C2CCCN2C(=O)OC(C)(C)C)cc1. The summed E-state index contributed by atoms with van der Waals surface area (Å²) in [6.45, 7) is 8.46. The Kier molecular flexibility index (Phi) is 8.37. The summed E-state index contributed by atoms with van der Waals surface area (Å²) in [4.78, 5) is 32.0. The van der Waals surface area contributed by atoms with Crippen molar-refractivity contribution < 1.29 is 19.4 Å². The molecule has 1 aliphatic heterocycles. The molecule has 1 fully saturated rings. The van der Waals surface area contributed by atoms with E-state index < -0.39 is 17.7 Å². The Labute approximate surface area is 182 Å². The number of aryl methyl sites for hydroxylation is 1. The van der Waals surface area contributed by atoms with E-state index in [1.807, 2.05) is 57.5 Å². The number of ether oxygens (including phenoxy) is 1. The van der Waals surface area contributed by atoms with Crippen LogP contribution in [0.1, 0.15) is 44.9 Å². The van der Waals surface area contributed by atoms with E-state index in [1.165, 1.54) is 4.90 Å². The van der Waals surface area contributed by atoms with Gasteiger partial charge in [0, 0.05) is 20.2 Å². The average Bonchev–Trinajstić information content (AvgIpc) is 3.36. The molecule has 1 aromatic heterocycles. The summed E-state index contributed by atoms with van der Waals surface area (Å²) in [5.74, 6) is -0.134. The van der Waals surface area contributed by atoms with Gasteiger partial charge < -0.3 is 15.2 Å². The Balaban J connectivity index is 0.00000155. The first-order valence-corrected chi connectivity index (χ1v) is 10.8. The molecule has 2 N–H and O–H groups in total. The van der Waals surface area contributed by atoms with Gasteiger partial charge in [-0.2, -0.15) is 0 Å². The molecule has 3 rings (SSSR count). The Morgan fingerprint density at radius 2 is 1.93 bits per heavy atom. The van der Waals surface area contributed by atoms with Crippen LogP contribution in [0.3, 0.4) is 0 Å². The molecule has 2 aromatic rings. The number of aliphatic hydroxyl groups is 1. The minimum Gasteiger partial charge on any atom is -0.444 e. The number of aromatic nitrogens is 1. The number of hydrogen-bond acceptors (Lipinski definition) is 6. The molecule has 0 bridgehead atoms. The van der Waals surface area contributed by atoms with Gasteiger partial charge in [0.15, 0.2) is 0 Å². The van der Waals surface area contributed by atoms with Crippen LogP contribution in [0.4, 0.5) is 4.79 Å². The largest absolute Gasteiger partial charge is 0.444 e. The molecule has 7 nitrogen and oxygen atoms in total. The molecule has 1 aliphatic rings. The lowest BCUT2D eigenvalue weighted by atomic mass is 10.1. The molecule has 30 heavy (non-hydrogen) atoms. The van der Waals surface area contributed by atoms with E-state index in [2.05, 4.69) is 10.3 Å². The lowest BCUT2D eigenvalue weighted by Crippen LogP contribution is -2.47. The van der Waals surface area contributed by atoms with Crippen molar-refractivity contribution in [3.8, 4) is 10.4 Å². The number of carbonyl (C=O) groups is 2. The van der Waals surface area contributed by atoms with Gasteiger partial charge in [-0.25, -0.2) is 9.78 Å². The number of benzene rings is 1. The molecule has 1 unspecified atom stereocenters. The van der Waals surface area contributed by atoms with Gasteiger partial charge in [0.1, 0.15) is 11.6 Å². The zero-order valence-electron chi connectivity index (χ0n) is 18.3. The van der Waals surface area contributed by atoms with Crippen molar-refractivity contribution >= 4 is 23.3 Å². The number of nitrogens with one attached hydrogen (secondary N) is 1. The number of amides is 2. The second kappa shape index (κ2) is 10.5. The van der Waals surface area contributed by atoms with Crippen molar-refractivity contribution in [2.45, 2.75) is 58.7 Å². The third-order valence-corrected chi connectivity index (χ3v) is 5.59. The average molecular weight is 434 g/mol. The maximum Gasteiger partial charge on any atom is 0.410 e. The maximum absolute atomic E-state index is 12.6. The van der Waals surface area contributed by atoms with Gasteiger partial charge in [-0.1, -0.05) is 24.3 Å². The first-order chi connectivity index (χ1) is 14.2. The monoisotopic (exact) mass is 433 g/mol. The topological polar surface area (TPSA) is 91.8 Å². The number of nitrogens with zero attached hydrogens (tertiary/aromatic N) is 2. The number of rotatable bonds is 4. The second-order valence-electron chi connectivity index (χ2n) is 8.01. The van der Waals surface area contributed by atoms with Crippen LogP contribution < -0.4 is 5.32 Å². The Hall–Kier alpha value is -2.45. The Morgan fingerprint density at radius 3 is 2.50 bits per heavy atom. The van der Waals surface area contributed by atoms with E-state index in [1.54, 1.807) is 11.3 Å². The van der Waals surface area contributed by atoms with Gasteiger partial charge in [0.2, 0.25) is 5.91 Å². The minimum atomic E-state index is -0.571. The van der Waals surface area contributed by atoms with Crippen molar-refractivity contribution in [3.63, 3.8) is 0 Å². The van der Waals surface area contributed by atoms with E-state index in [0.717, 1.165) is 35.2 Å². The van der Waals surface area contributed by atoms with Crippen LogP contribution in [0.25, 0.3) is 10.4 Å². The van der Waals surface area contributed by atoms with Crippen LogP contribution in [0.15, 0.2) is 29.8 Å². The first-order valence-electron chi connectivity index (χ1n) is 9.96. The third kappa shape index (κ3) is 6.27. The molecule has 0 saturated carbocycles. The van der Waals surface area contributed by atoms with Gasteiger partial charge in [-0.3, -0.25) is 9.69 Å². The smallest absolute Gasteiger partial charge is 0.410 e. The van der Waals surface area contributed by atoms with Gasteiger partial charge in [0.25, 0.3) is 0 Å². The van der Waals surface area contributed by atoms with Crippen LogP contribution in [0, 0.1) is 6.92 Å². The molecule has 1 aromatic carbocycles. The second-order valence-corrected chi connectivity index (χ2v) is 8.87. The van der Waals surface area contributed by atoms with Crippen molar-refractivity contribution in [1.82, 2.24) is 15.2 Å². The van der Waals surface area contributed by atoms with Crippen molar-refractivity contribution in [3.05, 3.63) is 41.0 Å². The summed E-state index contributed by atoms with van der Waals surface area (Å²) in [6, 6.07) is 7.65. The maximum atomic E-state index is 12.6. The summed E-state index contributed by atoms with van der Waals surface area (Å²) >= 11 is 1.62. The normalized spacial score (nSPS) is 15.9. The van der Waals surface area contributed by atoms with E-state index in [9.17, 15) is 9.59 Å². The van der Waals surface area contributed by atoms with Gasteiger partial charge >= 0.3 is 6.09 Å². The molecule has 164 valence electrons. The predicted octanol–water partition coefficient (Wildman–Crippen LogP) is 3.74. The van der Waals surface area contributed by atoms with Crippen LogP contribution in [0.5, 0.6) is 0 Å². The van der Waals surface area contributed by atoms with Crippen LogP contribution >= 0.6 is 11.3 Å². The highest BCUT2D eigenvalue weighted by molar-refractivity contribution is 7.13. The zero-order valence-corrected chi connectivity index (χ0v) is 19.1. The highest BCUT2D eigenvalue weighted by atomic mass is 32.1. The summed E-state index contributed by atoms with van der Waals surface area (Å²) in [7, 11) is 1.00. The third-order valence-electron chi connectivity index (χ3n) is 4.61. The summed E-state index contributed by atoms with van der Waals surface area (Å²) in [5.41, 5.74) is 4.44. The van der Waals surface area contributed by atoms with Crippen LogP contribution in [-0.2, 0) is 16.1 Å². The van der Waals surface area contributed by atoms with Crippen LogP contribution in [0.2, 0.25) is 0 Å². The lowest BCUT2D eigenvalue weighted by molar-refractivity contribution is -0.125. The van der Waals surface area contributed by atoms with Crippen molar-refractivity contribution in [1.29, 1.82) is 0 Å². The fourth-order valence-electron chi connectivity index (χ4n) is 3.24. The lowest BCUT2D eigenvalue weighted by Gasteiger charge is -2.28. The summed E-state index contributed by atoms with van der Waals surface area (Å²) < 4.78 is 5.43.